The van der Waals surface area contributed by atoms with Crippen molar-refractivity contribution in [1.82, 2.24) is 9.80 Å². The van der Waals surface area contributed by atoms with Crippen LogP contribution in [-0.4, -0.2) is 75.1 Å². The van der Waals surface area contributed by atoms with E-state index in [4.69, 9.17) is 4.74 Å². The first-order chi connectivity index (χ1) is 11.9. The zero-order valence-electron chi connectivity index (χ0n) is 14.7. The summed E-state index contributed by atoms with van der Waals surface area (Å²) in [5.74, 6) is 1.17. The molecule has 0 bridgehead atoms. The van der Waals surface area contributed by atoms with Crippen LogP contribution in [0.3, 0.4) is 0 Å². The number of methoxy groups -OCH3 is 1. The number of hydrogen-bond donors (Lipinski definition) is 1. The molecule has 1 N–H and O–H groups in total. The molecule has 2 amide bonds. The SMILES string of the molecule is COc1ccc(C)cc1NC(=O)N1CCN(C2CCS(=O)(=O)C2)CC1. The number of urea groups is 1. The van der Waals surface area contributed by atoms with Gasteiger partial charge in [-0.3, -0.25) is 4.90 Å². The number of rotatable bonds is 3. The third-order valence-corrected chi connectivity index (χ3v) is 6.67. The van der Waals surface area contributed by atoms with Crippen LogP contribution in [0.15, 0.2) is 18.2 Å². The minimum atomic E-state index is -2.88. The Hall–Kier alpha value is -1.80. The number of aryl methyl sites for hydroxylation is 1. The first kappa shape index (κ1) is 18.0. The third kappa shape index (κ3) is 4.24. The third-order valence-electron chi connectivity index (χ3n) is 4.92. The van der Waals surface area contributed by atoms with Gasteiger partial charge in [0.05, 0.1) is 24.3 Å². The van der Waals surface area contributed by atoms with Gasteiger partial charge in [0.1, 0.15) is 5.75 Å². The topological polar surface area (TPSA) is 79.0 Å². The van der Waals surface area contributed by atoms with Crippen LogP contribution in [-0.2, 0) is 9.84 Å². The summed E-state index contributed by atoms with van der Waals surface area (Å²) < 4.78 is 28.6. The predicted octanol–water partition coefficient (Wildman–Crippen LogP) is 1.34. The Kier molecular flexibility index (Phi) is 5.19. The second-order valence-corrected chi connectivity index (χ2v) is 8.94. The largest absolute Gasteiger partial charge is 0.495 e. The summed E-state index contributed by atoms with van der Waals surface area (Å²) >= 11 is 0. The molecule has 2 saturated heterocycles. The van der Waals surface area contributed by atoms with Gasteiger partial charge in [-0.25, -0.2) is 13.2 Å². The van der Waals surface area contributed by atoms with E-state index in [0.717, 1.165) is 5.56 Å². The lowest BCUT2D eigenvalue weighted by Gasteiger charge is -2.37. The van der Waals surface area contributed by atoms with Crippen molar-refractivity contribution in [2.45, 2.75) is 19.4 Å². The minimum absolute atomic E-state index is 0.104. The Labute approximate surface area is 148 Å². The molecular weight excluding hydrogens is 342 g/mol. The molecule has 138 valence electrons. The molecule has 2 aliphatic heterocycles. The van der Waals surface area contributed by atoms with Crippen LogP contribution in [0, 0.1) is 6.92 Å². The van der Waals surface area contributed by atoms with Crippen molar-refractivity contribution in [1.29, 1.82) is 0 Å². The molecule has 0 aromatic heterocycles. The molecule has 0 aliphatic carbocycles. The molecule has 7 nitrogen and oxygen atoms in total. The van der Waals surface area contributed by atoms with E-state index in [1.54, 1.807) is 12.0 Å². The monoisotopic (exact) mass is 367 g/mol. The molecule has 25 heavy (non-hydrogen) atoms. The highest BCUT2D eigenvalue weighted by Crippen LogP contribution is 2.26. The molecule has 2 fully saturated rings. The summed E-state index contributed by atoms with van der Waals surface area (Å²) in [4.78, 5) is 16.5. The van der Waals surface area contributed by atoms with E-state index in [0.29, 0.717) is 44.0 Å². The number of benzene rings is 1. The second-order valence-electron chi connectivity index (χ2n) is 6.71. The van der Waals surface area contributed by atoms with E-state index >= 15 is 0 Å². The Bertz CT molecular complexity index is 742. The Morgan fingerprint density at radius 2 is 1.96 bits per heavy atom. The van der Waals surface area contributed by atoms with E-state index in [-0.39, 0.29) is 23.6 Å². The molecule has 2 aliphatic rings. The molecular formula is C17H25N3O4S. The van der Waals surface area contributed by atoms with Gasteiger partial charge >= 0.3 is 6.03 Å². The van der Waals surface area contributed by atoms with E-state index in [9.17, 15) is 13.2 Å². The van der Waals surface area contributed by atoms with Gasteiger partial charge < -0.3 is 15.0 Å². The smallest absolute Gasteiger partial charge is 0.322 e. The van der Waals surface area contributed by atoms with Crippen molar-refractivity contribution in [3.8, 4) is 5.75 Å². The zero-order chi connectivity index (χ0) is 18.0. The summed E-state index contributed by atoms with van der Waals surface area (Å²) in [5.41, 5.74) is 1.71. The summed E-state index contributed by atoms with van der Waals surface area (Å²) in [7, 11) is -1.30. The average molecular weight is 367 g/mol. The molecule has 1 unspecified atom stereocenters. The van der Waals surface area contributed by atoms with Gasteiger partial charge in [-0.15, -0.1) is 0 Å². The van der Waals surface area contributed by atoms with Crippen LogP contribution in [0.25, 0.3) is 0 Å². The van der Waals surface area contributed by atoms with Gasteiger partial charge in [0.2, 0.25) is 0 Å². The number of hydrogen-bond acceptors (Lipinski definition) is 5. The quantitative estimate of drug-likeness (QED) is 0.872. The summed E-state index contributed by atoms with van der Waals surface area (Å²) in [6.07, 6.45) is 0.703. The van der Waals surface area contributed by atoms with E-state index in [1.807, 2.05) is 25.1 Å². The standard InChI is InChI=1S/C17H25N3O4S/c1-13-3-4-16(24-2)15(11-13)18-17(21)20-8-6-19(7-9-20)14-5-10-25(22,23)12-14/h3-4,11,14H,5-10,12H2,1-2H3,(H,18,21). The fourth-order valence-corrected chi connectivity index (χ4v) is 5.23. The number of nitrogens with zero attached hydrogens (tertiary/aromatic N) is 2. The first-order valence-electron chi connectivity index (χ1n) is 8.53. The molecule has 3 rings (SSSR count). The van der Waals surface area contributed by atoms with Crippen molar-refractivity contribution in [2.24, 2.45) is 0 Å². The fraction of sp³-hybridized carbons (Fsp3) is 0.588. The summed E-state index contributed by atoms with van der Waals surface area (Å²) in [6.45, 7) is 4.56. The maximum Gasteiger partial charge on any atom is 0.322 e. The molecule has 8 heteroatoms. The molecule has 1 atom stereocenters. The van der Waals surface area contributed by atoms with Gasteiger partial charge in [-0.05, 0) is 31.0 Å². The van der Waals surface area contributed by atoms with E-state index in [1.165, 1.54) is 0 Å². The Morgan fingerprint density at radius 1 is 1.24 bits per heavy atom. The number of nitrogens with one attached hydrogen (secondary N) is 1. The zero-order valence-corrected chi connectivity index (χ0v) is 15.5. The number of anilines is 1. The number of amides is 2. The number of carbonyl (C=O) groups excluding carboxylic acids is 1. The normalized spacial score (nSPS) is 23.4. The maximum atomic E-state index is 12.5. The molecule has 1 aromatic carbocycles. The molecule has 0 spiro atoms. The molecule has 2 heterocycles. The minimum Gasteiger partial charge on any atom is -0.495 e. The van der Waals surface area contributed by atoms with Crippen molar-refractivity contribution < 1.29 is 17.9 Å². The fourth-order valence-electron chi connectivity index (χ4n) is 3.47. The van der Waals surface area contributed by atoms with Crippen LogP contribution in [0.5, 0.6) is 5.75 Å². The highest BCUT2D eigenvalue weighted by molar-refractivity contribution is 7.91. The number of piperazine rings is 1. The highest BCUT2D eigenvalue weighted by Gasteiger charge is 2.34. The van der Waals surface area contributed by atoms with Crippen LogP contribution in [0.1, 0.15) is 12.0 Å². The summed E-state index contributed by atoms with van der Waals surface area (Å²) in [6, 6.07) is 5.61. The van der Waals surface area contributed by atoms with Gasteiger partial charge in [0.15, 0.2) is 9.84 Å². The molecule has 0 saturated carbocycles. The van der Waals surface area contributed by atoms with Crippen LogP contribution in [0.4, 0.5) is 10.5 Å². The lowest BCUT2D eigenvalue weighted by Crippen LogP contribution is -2.53. The average Bonchev–Trinajstić information content (AvgIpc) is 2.95. The Balaban J connectivity index is 1.56. The van der Waals surface area contributed by atoms with Gasteiger partial charge in [0, 0.05) is 32.2 Å². The lowest BCUT2D eigenvalue weighted by molar-refractivity contribution is 0.121. The molecule has 0 radical (unpaired) electrons. The van der Waals surface area contributed by atoms with Gasteiger partial charge in [0.25, 0.3) is 0 Å². The van der Waals surface area contributed by atoms with E-state index < -0.39 is 9.84 Å². The molecule has 1 aromatic rings. The first-order valence-corrected chi connectivity index (χ1v) is 10.3. The predicted molar refractivity (Wildman–Crippen MR) is 97.0 cm³/mol. The van der Waals surface area contributed by atoms with Gasteiger partial charge in [-0.1, -0.05) is 6.07 Å². The van der Waals surface area contributed by atoms with Gasteiger partial charge in [-0.2, -0.15) is 0 Å². The van der Waals surface area contributed by atoms with Crippen molar-refractivity contribution in [3.05, 3.63) is 23.8 Å². The van der Waals surface area contributed by atoms with Crippen molar-refractivity contribution in [2.75, 3.05) is 50.1 Å². The lowest BCUT2D eigenvalue weighted by atomic mass is 10.2. The highest BCUT2D eigenvalue weighted by atomic mass is 32.2. The van der Waals surface area contributed by atoms with Crippen LogP contribution in [0.2, 0.25) is 0 Å². The Morgan fingerprint density at radius 3 is 2.56 bits per heavy atom. The van der Waals surface area contributed by atoms with Crippen molar-refractivity contribution in [3.63, 3.8) is 0 Å². The number of sulfone groups is 1. The summed E-state index contributed by atoms with van der Waals surface area (Å²) in [5, 5.41) is 2.92. The number of ether oxygens (including phenoxy) is 1. The number of carbonyl (C=O) groups is 1. The van der Waals surface area contributed by atoms with Crippen LogP contribution >= 0.6 is 0 Å². The van der Waals surface area contributed by atoms with E-state index in [2.05, 4.69) is 10.2 Å². The van der Waals surface area contributed by atoms with Crippen LogP contribution < -0.4 is 10.1 Å². The maximum absolute atomic E-state index is 12.5. The second kappa shape index (κ2) is 7.21. The van der Waals surface area contributed by atoms with Crippen molar-refractivity contribution >= 4 is 21.6 Å².